The van der Waals surface area contributed by atoms with Crippen LogP contribution in [-0.4, -0.2) is 38.6 Å². The molecule has 7 nitrogen and oxygen atoms in total. The Morgan fingerprint density at radius 1 is 1.04 bits per heavy atom. The zero-order valence-corrected chi connectivity index (χ0v) is 16.1. The summed E-state index contributed by atoms with van der Waals surface area (Å²) in [6, 6.07) is 15.3. The molecule has 0 spiro atoms. The molecule has 0 radical (unpaired) electrons. The Hall–Kier alpha value is -2.87. The summed E-state index contributed by atoms with van der Waals surface area (Å²) >= 11 is 0. The predicted octanol–water partition coefficient (Wildman–Crippen LogP) is 2.36. The number of nitrogens with one attached hydrogen (secondary N) is 1. The Balaban J connectivity index is 1.54. The molecule has 1 N–H and O–H groups in total. The quantitative estimate of drug-likeness (QED) is 0.855. The molecule has 2 fully saturated rings. The van der Waals surface area contributed by atoms with Gasteiger partial charge in [-0.1, -0.05) is 24.3 Å². The molecule has 2 amide bonds. The van der Waals surface area contributed by atoms with Crippen LogP contribution in [0.15, 0.2) is 54.6 Å². The van der Waals surface area contributed by atoms with Crippen molar-refractivity contribution in [2.45, 2.75) is 25.3 Å². The van der Waals surface area contributed by atoms with E-state index in [4.69, 9.17) is 0 Å². The summed E-state index contributed by atoms with van der Waals surface area (Å²) < 4.78 is 25.6. The first kappa shape index (κ1) is 18.5. The van der Waals surface area contributed by atoms with Crippen LogP contribution in [0.5, 0.6) is 0 Å². The largest absolute Gasteiger partial charge is 0.324 e. The molecule has 2 aromatic rings. The third-order valence-electron chi connectivity index (χ3n) is 5.05. The summed E-state index contributed by atoms with van der Waals surface area (Å²) in [5.41, 5.74) is 1.75. The van der Waals surface area contributed by atoms with Crippen molar-refractivity contribution in [2.75, 3.05) is 26.8 Å². The second-order valence-corrected chi connectivity index (χ2v) is 8.95. The van der Waals surface area contributed by atoms with E-state index >= 15 is 0 Å². The number of sulfonamides is 1. The maximum absolute atomic E-state index is 12.9. The Morgan fingerprint density at radius 3 is 2.50 bits per heavy atom. The summed E-state index contributed by atoms with van der Waals surface area (Å²) in [5, 5.41) is 2.84. The first-order chi connectivity index (χ1) is 13.5. The number of benzene rings is 2. The van der Waals surface area contributed by atoms with Crippen molar-refractivity contribution in [3.05, 3.63) is 54.6 Å². The van der Waals surface area contributed by atoms with Crippen molar-refractivity contribution in [1.82, 2.24) is 0 Å². The predicted molar refractivity (Wildman–Crippen MR) is 108 cm³/mol. The summed E-state index contributed by atoms with van der Waals surface area (Å²) in [5.74, 6) is -0.223. The van der Waals surface area contributed by atoms with E-state index in [0.29, 0.717) is 42.9 Å². The first-order valence-electron chi connectivity index (χ1n) is 9.24. The molecule has 28 heavy (non-hydrogen) atoms. The zero-order valence-electron chi connectivity index (χ0n) is 15.2. The second kappa shape index (κ2) is 7.27. The SMILES string of the molecule is O=C(Nc1cccc(N2CCCS2(=O)=O)c1)C1CCC(=O)N1c1ccccc1. The number of carbonyl (C=O) groups excluding carboxylic acids is 2. The van der Waals surface area contributed by atoms with Crippen molar-refractivity contribution in [3.63, 3.8) is 0 Å². The Morgan fingerprint density at radius 2 is 1.79 bits per heavy atom. The third kappa shape index (κ3) is 3.47. The normalized spacial score (nSPS) is 21.1. The van der Waals surface area contributed by atoms with E-state index in [0.717, 1.165) is 0 Å². The number of para-hydroxylation sites is 1. The fourth-order valence-corrected chi connectivity index (χ4v) is 5.29. The van der Waals surface area contributed by atoms with Gasteiger partial charge in [0, 0.05) is 24.3 Å². The van der Waals surface area contributed by atoms with Gasteiger partial charge in [-0.2, -0.15) is 0 Å². The van der Waals surface area contributed by atoms with Crippen LogP contribution in [0.2, 0.25) is 0 Å². The second-order valence-electron chi connectivity index (χ2n) is 6.94. The van der Waals surface area contributed by atoms with E-state index in [1.807, 2.05) is 30.3 Å². The molecule has 1 atom stereocenters. The molecule has 2 aliphatic rings. The van der Waals surface area contributed by atoms with Crippen LogP contribution >= 0.6 is 0 Å². The van der Waals surface area contributed by atoms with Crippen molar-refractivity contribution in [3.8, 4) is 0 Å². The van der Waals surface area contributed by atoms with Crippen LogP contribution in [0.4, 0.5) is 17.1 Å². The molecule has 0 aromatic heterocycles. The van der Waals surface area contributed by atoms with Crippen LogP contribution < -0.4 is 14.5 Å². The van der Waals surface area contributed by atoms with Crippen molar-refractivity contribution in [1.29, 1.82) is 0 Å². The highest BCUT2D eigenvalue weighted by Gasteiger charge is 2.37. The van der Waals surface area contributed by atoms with E-state index in [1.165, 1.54) is 9.21 Å². The smallest absolute Gasteiger partial charge is 0.247 e. The lowest BCUT2D eigenvalue weighted by molar-refractivity contribution is -0.120. The van der Waals surface area contributed by atoms with Gasteiger partial charge in [0.05, 0.1) is 11.4 Å². The lowest BCUT2D eigenvalue weighted by Crippen LogP contribution is -2.41. The average Bonchev–Trinajstić information content (AvgIpc) is 3.24. The lowest BCUT2D eigenvalue weighted by Gasteiger charge is -2.24. The Bertz CT molecular complexity index is 1010. The lowest BCUT2D eigenvalue weighted by atomic mass is 10.1. The number of rotatable bonds is 4. The number of hydrogen-bond donors (Lipinski definition) is 1. The van der Waals surface area contributed by atoms with Crippen LogP contribution in [0, 0.1) is 0 Å². The van der Waals surface area contributed by atoms with Crippen LogP contribution in [0.3, 0.4) is 0 Å². The topological polar surface area (TPSA) is 86.8 Å². The van der Waals surface area contributed by atoms with E-state index in [1.54, 1.807) is 24.3 Å². The van der Waals surface area contributed by atoms with E-state index in [9.17, 15) is 18.0 Å². The number of carbonyl (C=O) groups is 2. The van der Waals surface area contributed by atoms with E-state index < -0.39 is 16.1 Å². The summed E-state index contributed by atoms with van der Waals surface area (Å²) in [7, 11) is -3.29. The molecule has 0 bridgehead atoms. The van der Waals surface area contributed by atoms with Gasteiger partial charge in [0.1, 0.15) is 6.04 Å². The number of anilines is 3. The van der Waals surface area contributed by atoms with Crippen LogP contribution in [-0.2, 0) is 19.6 Å². The molecule has 2 saturated heterocycles. The molecule has 1 unspecified atom stereocenters. The Labute approximate surface area is 164 Å². The fourth-order valence-electron chi connectivity index (χ4n) is 3.74. The van der Waals surface area contributed by atoms with Crippen molar-refractivity contribution < 1.29 is 18.0 Å². The van der Waals surface area contributed by atoms with Gasteiger partial charge in [0.2, 0.25) is 21.8 Å². The highest BCUT2D eigenvalue weighted by molar-refractivity contribution is 7.93. The van der Waals surface area contributed by atoms with Gasteiger partial charge in [-0.15, -0.1) is 0 Å². The summed E-state index contributed by atoms with van der Waals surface area (Å²) in [6.45, 7) is 0.443. The van der Waals surface area contributed by atoms with Gasteiger partial charge in [0.15, 0.2) is 0 Å². The van der Waals surface area contributed by atoms with Gasteiger partial charge >= 0.3 is 0 Å². The maximum Gasteiger partial charge on any atom is 0.247 e. The maximum atomic E-state index is 12.9. The molecule has 4 rings (SSSR count). The molecule has 2 aromatic carbocycles. The molecule has 2 aliphatic heterocycles. The molecule has 0 saturated carbocycles. The molecular weight excluding hydrogens is 378 g/mol. The van der Waals surface area contributed by atoms with Gasteiger partial charge < -0.3 is 5.32 Å². The molecule has 0 aliphatic carbocycles. The van der Waals surface area contributed by atoms with Crippen LogP contribution in [0.25, 0.3) is 0 Å². The molecule has 8 heteroatoms. The fraction of sp³-hybridized carbons (Fsp3) is 0.300. The standard InChI is InChI=1S/C20H21N3O4S/c24-19-11-10-18(23(19)16-7-2-1-3-8-16)20(25)21-15-6-4-9-17(14-15)22-12-5-13-28(22,26)27/h1-4,6-9,14,18H,5,10-13H2,(H,21,25). The van der Waals surface area contributed by atoms with Crippen molar-refractivity contribution in [2.24, 2.45) is 0 Å². The molecule has 146 valence electrons. The minimum Gasteiger partial charge on any atom is -0.324 e. The minimum atomic E-state index is -3.29. The monoisotopic (exact) mass is 399 g/mol. The van der Waals surface area contributed by atoms with E-state index in [2.05, 4.69) is 5.32 Å². The van der Waals surface area contributed by atoms with E-state index in [-0.39, 0.29) is 17.6 Å². The highest BCUT2D eigenvalue weighted by Crippen LogP contribution is 2.29. The number of amides is 2. The summed E-state index contributed by atoms with van der Waals surface area (Å²) in [4.78, 5) is 26.7. The van der Waals surface area contributed by atoms with Gasteiger partial charge in [0.25, 0.3) is 0 Å². The van der Waals surface area contributed by atoms with Crippen LogP contribution in [0.1, 0.15) is 19.3 Å². The molecule has 2 heterocycles. The Kier molecular flexibility index (Phi) is 4.80. The third-order valence-corrected chi connectivity index (χ3v) is 6.92. The minimum absolute atomic E-state index is 0.0803. The first-order valence-corrected chi connectivity index (χ1v) is 10.8. The van der Waals surface area contributed by atoms with Gasteiger partial charge in [-0.25, -0.2) is 8.42 Å². The summed E-state index contributed by atoms with van der Waals surface area (Å²) in [6.07, 6.45) is 1.36. The van der Waals surface area contributed by atoms with Gasteiger partial charge in [-0.05, 0) is 43.2 Å². The zero-order chi connectivity index (χ0) is 19.7. The number of hydrogen-bond acceptors (Lipinski definition) is 4. The molecular formula is C20H21N3O4S. The highest BCUT2D eigenvalue weighted by atomic mass is 32.2. The van der Waals surface area contributed by atoms with Crippen molar-refractivity contribution >= 4 is 38.9 Å². The van der Waals surface area contributed by atoms with Gasteiger partial charge in [-0.3, -0.25) is 18.8 Å². The number of nitrogens with zero attached hydrogens (tertiary/aromatic N) is 2. The average molecular weight is 399 g/mol.